The highest BCUT2D eigenvalue weighted by Crippen LogP contribution is 2.37. The van der Waals surface area contributed by atoms with Gasteiger partial charge in [0.15, 0.2) is 0 Å². The van der Waals surface area contributed by atoms with E-state index < -0.39 is 0 Å². The summed E-state index contributed by atoms with van der Waals surface area (Å²) in [6.45, 7) is 17.8. The highest BCUT2D eigenvalue weighted by Gasteiger charge is 2.39. The maximum atomic E-state index is 13.0. The van der Waals surface area contributed by atoms with Gasteiger partial charge in [0.05, 0.1) is 5.69 Å². The van der Waals surface area contributed by atoms with Gasteiger partial charge in [-0.3, -0.25) is 19.3 Å². The minimum atomic E-state index is 0.0667. The average molecular weight is 432 g/mol. The number of hydrogen-bond acceptors (Lipinski definition) is 4. The molecule has 0 unspecified atom stereocenters. The van der Waals surface area contributed by atoms with Gasteiger partial charge >= 0.3 is 0 Å². The number of aryl methyl sites for hydroxylation is 2. The second-order valence-electron chi connectivity index (χ2n) is 10.2. The predicted molar refractivity (Wildman–Crippen MR) is 127 cm³/mol. The molecule has 0 radical (unpaired) electrons. The largest absolute Gasteiger partial charge is 0.355 e. The summed E-state index contributed by atoms with van der Waals surface area (Å²) in [6, 6.07) is 0. The van der Waals surface area contributed by atoms with Gasteiger partial charge < -0.3 is 5.32 Å². The highest BCUT2D eigenvalue weighted by atomic mass is 16.1. The van der Waals surface area contributed by atoms with E-state index in [1.807, 2.05) is 0 Å². The zero-order chi connectivity index (χ0) is 22.4. The van der Waals surface area contributed by atoms with Gasteiger partial charge in [-0.1, -0.05) is 33.1 Å². The van der Waals surface area contributed by atoms with Gasteiger partial charge in [-0.15, -0.1) is 0 Å². The molecule has 6 heteroatoms. The molecule has 1 spiro atoms. The van der Waals surface area contributed by atoms with Gasteiger partial charge in [0, 0.05) is 55.9 Å². The zero-order valence-electron chi connectivity index (χ0n) is 20.7. The standard InChI is InChI=1S/C25H45N5O/c1-6-30-22(5)23(21(4)27-30)19-28-14-10-15-29(18-20(2)3)25(11-8-7-9-12-25)17-24(31)26-13-16-28/h20H,6-19H2,1-5H3,(H,26,31). The first-order valence-corrected chi connectivity index (χ1v) is 12.6. The van der Waals surface area contributed by atoms with E-state index >= 15 is 0 Å². The van der Waals surface area contributed by atoms with Crippen molar-refractivity contribution in [2.75, 3.05) is 32.7 Å². The summed E-state index contributed by atoms with van der Waals surface area (Å²) in [5.41, 5.74) is 3.84. The van der Waals surface area contributed by atoms with Crippen LogP contribution in [0.1, 0.15) is 82.7 Å². The van der Waals surface area contributed by atoms with Crippen molar-refractivity contribution in [2.24, 2.45) is 5.92 Å². The molecule has 1 aromatic heterocycles. The first kappa shape index (κ1) is 24.2. The summed E-state index contributed by atoms with van der Waals surface area (Å²) in [7, 11) is 0. The Balaban J connectivity index is 1.76. The summed E-state index contributed by atoms with van der Waals surface area (Å²) in [6.07, 6.45) is 8.00. The van der Waals surface area contributed by atoms with Gasteiger partial charge in [0.25, 0.3) is 0 Å². The van der Waals surface area contributed by atoms with Crippen molar-refractivity contribution < 1.29 is 4.79 Å². The number of hydrogen-bond donors (Lipinski definition) is 1. The van der Waals surface area contributed by atoms with Gasteiger partial charge in [-0.2, -0.15) is 5.10 Å². The molecule has 0 atom stereocenters. The minimum absolute atomic E-state index is 0.0667. The van der Waals surface area contributed by atoms with E-state index in [1.54, 1.807) is 0 Å². The van der Waals surface area contributed by atoms with Crippen LogP contribution in [0.2, 0.25) is 0 Å². The predicted octanol–water partition coefficient (Wildman–Crippen LogP) is 3.89. The second kappa shape index (κ2) is 11.0. The topological polar surface area (TPSA) is 53.4 Å². The molecule has 2 aliphatic rings. The van der Waals surface area contributed by atoms with E-state index in [4.69, 9.17) is 5.10 Å². The van der Waals surface area contributed by atoms with E-state index in [2.05, 4.69) is 54.4 Å². The minimum Gasteiger partial charge on any atom is -0.355 e. The van der Waals surface area contributed by atoms with E-state index in [-0.39, 0.29) is 11.4 Å². The Bertz CT molecular complexity index is 720. The van der Waals surface area contributed by atoms with Crippen LogP contribution in [-0.2, 0) is 17.9 Å². The van der Waals surface area contributed by atoms with Crippen LogP contribution in [0, 0.1) is 19.8 Å². The van der Waals surface area contributed by atoms with Gasteiger partial charge in [0.2, 0.25) is 5.91 Å². The average Bonchev–Trinajstić information content (AvgIpc) is 2.99. The van der Waals surface area contributed by atoms with Crippen molar-refractivity contribution in [2.45, 2.75) is 98.2 Å². The van der Waals surface area contributed by atoms with Gasteiger partial charge in [-0.05, 0) is 59.0 Å². The van der Waals surface area contributed by atoms with Crippen LogP contribution in [-0.4, -0.2) is 63.8 Å². The molecule has 1 saturated carbocycles. The fraction of sp³-hybridized carbons (Fsp3) is 0.840. The zero-order valence-corrected chi connectivity index (χ0v) is 20.7. The van der Waals surface area contributed by atoms with Crippen LogP contribution in [0.3, 0.4) is 0 Å². The summed E-state index contributed by atoms with van der Waals surface area (Å²) in [5.74, 6) is 0.858. The van der Waals surface area contributed by atoms with Crippen LogP contribution >= 0.6 is 0 Å². The van der Waals surface area contributed by atoms with Crippen LogP contribution in [0.15, 0.2) is 0 Å². The molecule has 1 aromatic rings. The lowest BCUT2D eigenvalue weighted by Gasteiger charge is -2.47. The van der Waals surface area contributed by atoms with Gasteiger partial charge in [0.1, 0.15) is 0 Å². The number of amides is 1. The lowest BCUT2D eigenvalue weighted by molar-refractivity contribution is -0.125. The van der Waals surface area contributed by atoms with Crippen molar-refractivity contribution in [3.05, 3.63) is 17.0 Å². The molecule has 2 heterocycles. The SMILES string of the molecule is CCn1nc(C)c(CN2CCCN(CC(C)C)C3(CCCCC3)CC(=O)NCC2)c1C. The summed E-state index contributed by atoms with van der Waals surface area (Å²) in [5, 5.41) is 7.97. The first-order chi connectivity index (χ1) is 14.8. The number of nitrogens with one attached hydrogen (secondary N) is 1. The monoisotopic (exact) mass is 431 g/mol. The number of carbonyl (C=O) groups excluding carboxylic acids is 1. The smallest absolute Gasteiger partial charge is 0.221 e. The van der Waals surface area contributed by atoms with Crippen LogP contribution in [0.5, 0.6) is 0 Å². The maximum Gasteiger partial charge on any atom is 0.221 e. The molecule has 1 amide bonds. The third kappa shape index (κ3) is 6.10. The molecule has 1 N–H and O–H groups in total. The molecule has 0 bridgehead atoms. The Morgan fingerprint density at radius 1 is 1.06 bits per heavy atom. The third-order valence-electron chi connectivity index (χ3n) is 7.40. The van der Waals surface area contributed by atoms with Crippen molar-refractivity contribution >= 4 is 5.91 Å². The van der Waals surface area contributed by atoms with E-state index in [0.717, 1.165) is 57.9 Å². The molecule has 176 valence electrons. The fourth-order valence-electron chi connectivity index (χ4n) is 5.74. The molecule has 3 rings (SSSR count). The second-order valence-corrected chi connectivity index (χ2v) is 10.2. The van der Waals surface area contributed by atoms with Crippen LogP contribution in [0.4, 0.5) is 0 Å². The van der Waals surface area contributed by atoms with Crippen molar-refractivity contribution in [3.8, 4) is 0 Å². The molecular formula is C25H45N5O. The molecular weight excluding hydrogens is 386 g/mol. The lowest BCUT2D eigenvalue weighted by atomic mass is 9.77. The first-order valence-electron chi connectivity index (χ1n) is 12.6. The molecule has 2 fully saturated rings. The van der Waals surface area contributed by atoms with Crippen molar-refractivity contribution in [1.82, 2.24) is 24.9 Å². The quantitative estimate of drug-likeness (QED) is 0.768. The molecule has 31 heavy (non-hydrogen) atoms. The number of aromatic nitrogens is 2. The lowest BCUT2D eigenvalue weighted by Crippen LogP contribution is -2.54. The van der Waals surface area contributed by atoms with Crippen molar-refractivity contribution in [3.63, 3.8) is 0 Å². The summed E-state index contributed by atoms with van der Waals surface area (Å²) < 4.78 is 2.11. The van der Waals surface area contributed by atoms with E-state index in [9.17, 15) is 4.79 Å². The summed E-state index contributed by atoms with van der Waals surface area (Å²) in [4.78, 5) is 18.2. The Kier molecular flexibility index (Phi) is 8.57. The number of rotatable bonds is 5. The Labute approximate surface area is 189 Å². The molecule has 1 saturated heterocycles. The van der Waals surface area contributed by atoms with Gasteiger partial charge in [-0.25, -0.2) is 0 Å². The molecule has 1 aliphatic carbocycles. The van der Waals surface area contributed by atoms with E-state index in [1.165, 1.54) is 43.4 Å². The number of carbonyl (C=O) groups is 1. The Hall–Kier alpha value is -1.40. The van der Waals surface area contributed by atoms with Crippen molar-refractivity contribution in [1.29, 1.82) is 0 Å². The Morgan fingerprint density at radius 2 is 1.81 bits per heavy atom. The third-order valence-corrected chi connectivity index (χ3v) is 7.40. The van der Waals surface area contributed by atoms with Crippen LogP contribution in [0.25, 0.3) is 0 Å². The normalized spacial score (nSPS) is 21.9. The molecule has 0 aromatic carbocycles. The summed E-state index contributed by atoms with van der Waals surface area (Å²) >= 11 is 0. The van der Waals surface area contributed by atoms with E-state index in [0.29, 0.717) is 12.3 Å². The maximum absolute atomic E-state index is 13.0. The number of nitrogens with zero attached hydrogens (tertiary/aromatic N) is 4. The molecule has 1 aliphatic heterocycles. The van der Waals surface area contributed by atoms with Crippen LogP contribution < -0.4 is 5.32 Å². The highest BCUT2D eigenvalue weighted by molar-refractivity contribution is 5.77. The molecule has 6 nitrogen and oxygen atoms in total. The fourth-order valence-corrected chi connectivity index (χ4v) is 5.74. The Morgan fingerprint density at radius 3 is 2.45 bits per heavy atom.